The molecule has 0 aliphatic rings. The van der Waals surface area contributed by atoms with Crippen molar-refractivity contribution in [2.75, 3.05) is 13.2 Å². The second kappa shape index (κ2) is 16.3. The van der Waals surface area contributed by atoms with Crippen molar-refractivity contribution >= 4 is 10.4 Å². The Hall–Kier alpha value is -0.170. The van der Waals surface area contributed by atoms with Crippen molar-refractivity contribution < 1.29 is 21.9 Å². The molecule has 146 valence electrons. The second-order valence-electron chi connectivity index (χ2n) is 6.52. The number of hydrogen-bond acceptors (Lipinski definition) is 4. The van der Waals surface area contributed by atoms with Gasteiger partial charge in [0.25, 0.3) is 0 Å². The minimum atomic E-state index is -4.38. The first-order valence-electron chi connectivity index (χ1n) is 9.73. The molecule has 0 bridgehead atoms. The largest absolute Gasteiger partial charge is 0.397 e. The molecule has 24 heavy (non-hydrogen) atoms. The van der Waals surface area contributed by atoms with Crippen molar-refractivity contribution in [3.8, 4) is 0 Å². The van der Waals surface area contributed by atoms with Crippen molar-refractivity contribution in [3.63, 3.8) is 0 Å². The molecule has 6 heteroatoms. The molecule has 1 N–H and O–H groups in total. The summed E-state index contributed by atoms with van der Waals surface area (Å²) in [5.41, 5.74) is 0. The summed E-state index contributed by atoms with van der Waals surface area (Å²) in [6.45, 7) is 4.86. The highest BCUT2D eigenvalue weighted by atomic mass is 32.3. The smallest absolute Gasteiger partial charge is 0.379 e. The monoisotopic (exact) mass is 366 g/mol. The summed E-state index contributed by atoms with van der Waals surface area (Å²) in [5, 5.41) is 0. The molecule has 0 heterocycles. The number of hydrogen-bond donors (Lipinski definition) is 1. The molecule has 0 radical (unpaired) electrons. The van der Waals surface area contributed by atoms with Crippen LogP contribution in [0.15, 0.2) is 0 Å². The maximum Gasteiger partial charge on any atom is 0.397 e. The highest BCUT2D eigenvalue weighted by molar-refractivity contribution is 7.80. The van der Waals surface area contributed by atoms with E-state index in [-0.39, 0.29) is 6.61 Å². The fourth-order valence-electron chi connectivity index (χ4n) is 2.65. The third-order valence-electron chi connectivity index (χ3n) is 4.16. The Kier molecular flexibility index (Phi) is 16.2. The molecule has 0 aliphatic carbocycles. The van der Waals surface area contributed by atoms with Crippen LogP contribution in [0, 0.1) is 0 Å². The van der Waals surface area contributed by atoms with Gasteiger partial charge in [-0.1, -0.05) is 84.5 Å². The van der Waals surface area contributed by atoms with Gasteiger partial charge in [-0.05, 0) is 12.8 Å². The Morgan fingerprint density at radius 2 is 1.25 bits per heavy atom. The van der Waals surface area contributed by atoms with Crippen LogP contribution in [-0.2, 0) is 19.3 Å². The molecule has 0 aliphatic heterocycles. The van der Waals surface area contributed by atoms with E-state index in [1.807, 2.05) is 0 Å². The highest BCUT2D eigenvalue weighted by Gasteiger charge is 2.15. The van der Waals surface area contributed by atoms with Gasteiger partial charge in [0.15, 0.2) is 0 Å². The summed E-state index contributed by atoms with van der Waals surface area (Å²) in [7, 11) is -4.38. The van der Waals surface area contributed by atoms with E-state index in [4.69, 9.17) is 9.29 Å². The van der Waals surface area contributed by atoms with Crippen LogP contribution in [0.4, 0.5) is 0 Å². The number of ether oxygens (including phenoxy) is 1. The van der Waals surface area contributed by atoms with Crippen molar-refractivity contribution in [2.24, 2.45) is 0 Å². The summed E-state index contributed by atoms with van der Waals surface area (Å²) < 4.78 is 39.8. The van der Waals surface area contributed by atoms with Crippen LogP contribution < -0.4 is 0 Å². The van der Waals surface area contributed by atoms with Gasteiger partial charge in [0.2, 0.25) is 0 Å². The predicted octanol–water partition coefficient (Wildman–Crippen LogP) is 5.30. The maximum atomic E-state index is 10.6. The average molecular weight is 367 g/mol. The lowest BCUT2D eigenvalue weighted by molar-refractivity contribution is 0.0437. The van der Waals surface area contributed by atoms with E-state index in [0.29, 0.717) is 13.0 Å². The van der Waals surface area contributed by atoms with Crippen molar-refractivity contribution in [3.05, 3.63) is 0 Å². The van der Waals surface area contributed by atoms with E-state index >= 15 is 0 Å². The van der Waals surface area contributed by atoms with Gasteiger partial charge in [0.05, 0.1) is 6.61 Å². The Balaban J connectivity index is 3.27. The van der Waals surface area contributed by atoms with E-state index in [1.165, 1.54) is 64.2 Å². The van der Waals surface area contributed by atoms with E-state index < -0.39 is 16.5 Å². The van der Waals surface area contributed by atoms with Crippen molar-refractivity contribution in [1.29, 1.82) is 0 Å². The van der Waals surface area contributed by atoms with Crippen molar-refractivity contribution in [1.82, 2.24) is 0 Å². The Labute approximate surface area is 149 Å². The molecule has 5 nitrogen and oxygen atoms in total. The second-order valence-corrected chi connectivity index (χ2v) is 7.57. The van der Waals surface area contributed by atoms with Crippen molar-refractivity contribution in [2.45, 2.75) is 103 Å². The van der Waals surface area contributed by atoms with Gasteiger partial charge in [-0.3, -0.25) is 4.55 Å². The molecular formula is C18H38O5S. The first kappa shape index (κ1) is 23.8. The van der Waals surface area contributed by atoms with Crippen LogP contribution in [0.1, 0.15) is 97.3 Å². The number of unbranched alkanes of at least 4 members (excludes halogenated alkanes) is 11. The molecule has 0 rings (SSSR count). The fraction of sp³-hybridized carbons (Fsp3) is 1.00. The van der Waals surface area contributed by atoms with Crippen LogP contribution in [0.3, 0.4) is 0 Å². The molecular weight excluding hydrogens is 328 g/mol. The summed E-state index contributed by atoms with van der Waals surface area (Å²) in [6, 6.07) is 0. The third-order valence-corrected chi connectivity index (χ3v) is 4.67. The Morgan fingerprint density at radius 1 is 0.792 bits per heavy atom. The van der Waals surface area contributed by atoms with Crippen LogP contribution >= 0.6 is 0 Å². The van der Waals surface area contributed by atoms with Gasteiger partial charge >= 0.3 is 10.4 Å². The average Bonchev–Trinajstić information content (AvgIpc) is 2.53. The van der Waals surface area contributed by atoms with Gasteiger partial charge in [0, 0.05) is 6.61 Å². The normalized spacial score (nSPS) is 13.3. The molecule has 0 aromatic rings. The van der Waals surface area contributed by atoms with Crippen LogP contribution in [0.2, 0.25) is 0 Å². The summed E-state index contributed by atoms with van der Waals surface area (Å²) in [5.74, 6) is 0. The third kappa shape index (κ3) is 18.2. The summed E-state index contributed by atoms with van der Waals surface area (Å²) in [4.78, 5) is 0. The Morgan fingerprint density at radius 3 is 1.67 bits per heavy atom. The van der Waals surface area contributed by atoms with Gasteiger partial charge in [-0.2, -0.15) is 8.42 Å². The van der Waals surface area contributed by atoms with Gasteiger partial charge in [-0.25, -0.2) is 4.18 Å². The zero-order valence-corrected chi connectivity index (χ0v) is 16.5. The van der Waals surface area contributed by atoms with E-state index in [1.54, 1.807) is 6.92 Å². The maximum absolute atomic E-state index is 10.6. The molecule has 0 amide bonds. The summed E-state index contributed by atoms with van der Waals surface area (Å²) >= 11 is 0. The Bertz CT molecular complexity index is 356. The fourth-order valence-corrected chi connectivity index (χ4v) is 3.18. The SMILES string of the molecule is CCCCCCCCCCCCCCOCC(CC)OS(=O)(=O)O. The molecule has 0 aromatic heterocycles. The lowest BCUT2D eigenvalue weighted by Gasteiger charge is -2.13. The lowest BCUT2D eigenvalue weighted by Crippen LogP contribution is -2.22. The molecule has 1 atom stereocenters. The standard InChI is InChI=1S/C18H38O5S/c1-3-5-6-7-8-9-10-11-12-13-14-15-16-22-17-18(4-2)23-24(19,20)21/h18H,3-17H2,1-2H3,(H,19,20,21). The van der Waals surface area contributed by atoms with Crippen LogP contribution in [0.25, 0.3) is 0 Å². The molecule has 1 unspecified atom stereocenters. The van der Waals surface area contributed by atoms with Gasteiger partial charge in [-0.15, -0.1) is 0 Å². The zero-order chi connectivity index (χ0) is 18.1. The van der Waals surface area contributed by atoms with Gasteiger partial charge < -0.3 is 4.74 Å². The molecule has 0 saturated heterocycles. The van der Waals surface area contributed by atoms with Crippen LogP contribution in [-0.4, -0.2) is 32.3 Å². The quantitative estimate of drug-likeness (QED) is 0.263. The molecule has 0 aromatic carbocycles. The van der Waals surface area contributed by atoms with E-state index in [9.17, 15) is 8.42 Å². The summed E-state index contributed by atoms with van der Waals surface area (Å²) in [6.07, 6.45) is 15.5. The minimum absolute atomic E-state index is 0.203. The molecule has 0 saturated carbocycles. The minimum Gasteiger partial charge on any atom is -0.379 e. The van der Waals surface area contributed by atoms with Gasteiger partial charge in [0.1, 0.15) is 6.10 Å². The predicted molar refractivity (Wildman–Crippen MR) is 98.6 cm³/mol. The topological polar surface area (TPSA) is 72.8 Å². The first-order chi connectivity index (χ1) is 11.5. The number of rotatable bonds is 18. The highest BCUT2D eigenvalue weighted by Crippen LogP contribution is 2.12. The zero-order valence-electron chi connectivity index (χ0n) is 15.7. The van der Waals surface area contributed by atoms with E-state index in [0.717, 1.165) is 12.8 Å². The van der Waals surface area contributed by atoms with E-state index in [2.05, 4.69) is 11.1 Å². The lowest BCUT2D eigenvalue weighted by atomic mass is 10.1. The molecule has 0 fully saturated rings. The first-order valence-corrected chi connectivity index (χ1v) is 11.1. The molecule has 0 spiro atoms. The van der Waals surface area contributed by atoms with Crippen LogP contribution in [0.5, 0.6) is 0 Å².